The van der Waals surface area contributed by atoms with Crippen molar-refractivity contribution >= 4 is 32.0 Å². The molecule has 0 saturated heterocycles. The lowest BCUT2D eigenvalue weighted by Crippen LogP contribution is -2.50. The van der Waals surface area contributed by atoms with Gasteiger partial charge in [0.25, 0.3) is 0 Å². The average molecular weight is 582 g/mol. The average Bonchev–Trinajstić information content (AvgIpc) is 2.83. The molecule has 0 aromatic carbocycles. The lowest BCUT2D eigenvalue weighted by molar-refractivity contribution is -0.144. The first-order valence-corrected chi connectivity index (χ1v) is 14.7. The summed E-state index contributed by atoms with van der Waals surface area (Å²) in [5.41, 5.74) is 6.17. The zero-order valence-electron chi connectivity index (χ0n) is 23.9. The van der Waals surface area contributed by atoms with E-state index in [2.05, 4.69) is 4.76 Å². The van der Waals surface area contributed by atoms with E-state index < -0.39 is 62.4 Å². The predicted octanol–water partition coefficient (Wildman–Crippen LogP) is 4.72. The summed E-state index contributed by atoms with van der Waals surface area (Å²) in [6, 6.07) is -1.05. The number of hydrogen-bond donors (Lipinski definition) is 2. The summed E-state index contributed by atoms with van der Waals surface area (Å²) in [5.74, 6) is -2.89. The van der Waals surface area contributed by atoms with E-state index in [1.165, 1.54) is 11.9 Å². The highest BCUT2D eigenvalue weighted by Crippen LogP contribution is 2.54. The molecular weight excluding hydrogens is 537 g/mol. The molecule has 1 aliphatic rings. The van der Waals surface area contributed by atoms with Crippen LogP contribution in [0.5, 0.6) is 0 Å². The quantitative estimate of drug-likeness (QED) is 0.0944. The van der Waals surface area contributed by atoms with Crippen molar-refractivity contribution in [2.45, 2.75) is 92.3 Å². The third-order valence-corrected chi connectivity index (χ3v) is 7.26. The number of hydrogen-bond acceptors (Lipinski definition) is 10. The smallest absolute Gasteiger partial charge is 0.480 e. The number of nitrogens with zero attached hydrogens (tertiary/aromatic N) is 2. The van der Waals surface area contributed by atoms with E-state index in [0.717, 1.165) is 19.3 Å². The number of carbonyl (C=O) groups is 3. The van der Waals surface area contributed by atoms with Crippen molar-refractivity contribution in [1.29, 1.82) is 0 Å². The number of ether oxygens (including phenoxy) is 4. The Bertz CT molecular complexity index is 839. The minimum Gasteiger partial charge on any atom is -0.480 e. The molecule has 0 aromatic heterocycles. The van der Waals surface area contributed by atoms with Crippen molar-refractivity contribution in [3.05, 3.63) is 0 Å². The number of nitrogens with two attached hydrogens (primary N) is 1. The second-order valence-electron chi connectivity index (χ2n) is 9.76. The summed E-state index contributed by atoms with van der Waals surface area (Å²) in [6.45, 7) is 9.66. The summed E-state index contributed by atoms with van der Waals surface area (Å²) in [7, 11) is -3.33. The molecular formula is C24H44N3O11P. The Kier molecular flexibility index (Phi) is 14.6. The van der Waals surface area contributed by atoms with Gasteiger partial charge < -0.3 is 34.7 Å². The molecule has 0 heterocycles. The number of carboxylic acid groups (broad SMARTS) is 1. The maximum atomic E-state index is 14.1. The number of guanidine groups is 1. The molecule has 0 radical (unpaired) electrons. The fourth-order valence-electron chi connectivity index (χ4n) is 3.86. The van der Waals surface area contributed by atoms with Gasteiger partial charge in [-0.3, -0.25) is 0 Å². The minimum atomic E-state index is -4.75. The van der Waals surface area contributed by atoms with Crippen molar-refractivity contribution < 1.29 is 52.1 Å². The monoisotopic (exact) mass is 581 g/mol. The van der Waals surface area contributed by atoms with Crippen molar-refractivity contribution in [1.82, 2.24) is 4.90 Å². The molecule has 1 aliphatic carbocycles. The van der Waals surface area contributed by atoms with E-state index in [1.54, 1.807) is 41.5 Å². The van der Waals surface area contributed by atoms with Crippen molar-refractivity contribution in [3.8, 4) is 0 Å². The van der Waals surface area contributed by atoms with Gasteiger partial charge in [0.2, 0.25) is 18.5 Å². The molecule has 14 nitrogen and oxygen atoms in total. The fraction of sp³-hybridized carbons (Fsp3) is 0.833. The topological polar surface area (TPSA) is 186 Å². The molecule has 1 saturated carbocycles. The van der Waals surface area contributed by atoms with Crippen LogP contribution in [0.3, 0.4) is 0 Å². The van der Waals surface area contributed by atoms with Crippen LogP contribution in [0.15, 0.2) is 4.76 Å². The van der Waals surface area contributed by atoms with Gasteiger partial charge in [-0.2, -0.15) is 0 Å². The standard InChI is InChI=1S/C24H44N3O11P/c1-8-33-23(30)35-20(15(3)4)37-39(32,38-21(16(5)6)36-24(31)34-9-2)26-22(25)27(7)18(19(28)29)17-13-11-10-12-14-17/h15-18,20-21H,8-14H2,1-7H3,(H,28,29)(H2,25,26,32). The Morgan fingerprint density at radius 3 is 1.72 bits per heavy atom. The van der Waals surface area contributed by atoms with E-state index in [1.807, 2.05) is 0 Å². The second kappa shape index (κ2) is 16.5. The lowest BCUT2D eigenvalue weighted by Gasteiger charge is -2.35. The first-order valence-electron chi connectivity index (χ1n) is 13.2. The highest BCUT2D eigenvalue weighted by atomic mass is 31.2. The van der Waals surface area contributed by atoms with E-state index in [4.69, 9.17) is 33.7 Å². The van der Waals surface area contributed by atoms with Gasteiger partial charge in [0.15, 0.2) is 0 Å². The molecule has 0 bridgehead atoms. The number of likely N-dealkylation sites (N-methyl/N-ethyl adjacent to an activating group) is 1. The zero-order chi connectivity index (χ0) is 29.8. The molecule has 1 rings (SSSR count). The number of aliphatic carboxylic acids is 1. The van der Waals surface area contributed by atoms with E-state index in [9.17, 15) is 24.1 Å². The molecule has 15 heteroatoms. The SMILES string of the molecule is CCOC(=O)OC(OP(=O)(N=C(N)N(C)C(C(=O)O)C1CCCCC1)OC(OC(=O)OCC)C(C)C)C(C)C. The van der Waals surface area contributed by atoms with Gasteiger partial charge in [-0.25, -0.2) is 28.0 Å². The van der Waals surface area contributed by atoms with E-state index in [-0.39, 0.29) is 19.1 Å². The van der Waals surface area contributed by atoms with Crippen LogP contribution in [-0.2, 0) is 37.4 Å². The van der Waals surface area contributed by atoms with E-state index >= 15 is 0 Å². The summed E-state index contributed by atoms with van der Waals surface area (Å²) >= 11 is 0. The second-order valence-corrected chi connectivity index (χ2v) is 11.3. The van der Waals surface area contributed by atoms with Crippen molar-refractivity contribution in [2.75, 3.05) is 20.3 Å². The van der Waals surface area contributed by atoms with Gasteiger partial charge in [0.05, 0.1) is 13.2 Å². The van der Waals surface area contributed by atoms with Gasteiger partial charge in [0, 0.05) is 18.9 Å². The summed E-state index contributed by atoms with van der Waals surface area (Å²) in [5, 5.41) is 9.95. The number of rotatable bonds is 14. The summed E-state index contributed by atoms with van der Waals surface area (Å²) < 4.78 is 49.1. The lowest BCUT2D eigenvalue weighted by atomic mass is 9.83. The van der Waals surface area contributed by atoms with Crippen LogP contribution in [0.25, 0.3) is 0 Å². The number of carbonyl (C=O) groups excluding carboxylic acids is 2. The van der Waals surface area contributed by atoms with Crippen LogP contribution in [-0.4, -0.2) is 73.1 Å². The molecule has 1 fully saturated rings. The van der Waals surface area contributed by atoms with Crippen LogP contribution in [0.2, 0.25) is 0 Å². The van der Waals surface area contributed by atoms with Gasteiger partial charge >= 0.3 is 26.0 Å². The Morgan fingerprint density at radius 1 is 0.923 bits per heavy atom. The van der Waals surface area contributed by atoms with Gasteiger partial charge in [-0.1, -0.05) is 47.0 Å². The van der Waals surface area contributed by atoms with Crippen molar-refractivity contribution in [2.24, 2.45) is 28.3 Å². The molecule has 0 aliphatic heterocycles. The Balaban J connectivity index is 3.43. The Morgan fingerprint density at radius 2 is 1.36 bits per heavy atom. The number of carboxylic acids is 1. The van der Waals surface area contributed by atoms with E-state index in [0.29, 0.717) is 12.8 Å². The maximum Gasteiger partial charge on any atom is 0.510 e. The summed E-state index contributed by atoms with van der Waals surface area (Å²) in [6.07, 6.45) is -0.955. The third-order valence-electron chi connectivity index (χ3n) is 5.86. The normalized spacial score (nSPS) is 18.5. The molecule has 0 amide bonds. The van der Waals surface area contributed by atoms with Crippen LogP contribution < -0.4 is 5.73 Å². The molecule has 0 aromatic rings. The Hall–Kier alpha value is -2.57. The van der Waals surface area contributed by atoms with Crippen LogP contribution in [0.1, 0.15) is 73.6 Å². The largest absolute Gasteiger partial charge is 0.510 e. The van der Waals surface area contributed by atoms with Crippen LogP contribution in [0.4, 0.5) is 9.59 Å². The van der Waals surface area contributed by atoms with Gasteiger partial charge in [0.1, 0.15) is 6.04 Å². The first kappa shape index (κ1) is 34.5. The highest BCUT2D eigenvalue weighted by molar-refractivity contribution is 7.52. The fourth-order valence-corrected chi connectivity index (χ4v) is 5.49. The first-order chi connectivity index (χ1) is 18.2. The molecule has 3 unspecified atom stereocenters. The Labute approximate surface area is 230 Å². The summed E-state index contributed by atoms with van der Waals surface area (Å²) in [4.78, 5) is 37.4. The maximum absolute atomic E-state index is 14.1. The molecule has 39 heavy (non-hydrogen) atoms. The molecule has 3 atom stereocenters. The highest BCUT2D eigenvalue weighted by Gasteiger charge is 2.40. The molecule has 0 spiro atoms. The van der Waals surface area contributed by atoms with Crippen LogP contribution in [0, 0.1) is 17.8 Å². The zero-order valence-corrected chi connectivity index (χ0v) is 24.8. The van der Waals surface area contributed by atoms with Gasteiger partial charge in [-0.05, 0) is 32.6 Å². The van der Waals surface area contributed by atoms with Crippen LogP contribution >= 0.6 is 7.75 Å². The van der Waals surface area contributed by atoms with Crippen molar-refractivity contribution in [3.63, 3.8) is 0 Å². The molecule has 226 valence electrons. The minimum absolute atomic E-state index is 0.0221. The predicted molar refractivity (Wildman–Crippen MR) is 141 cm³/mol. The van der Waals surface area contributed by atoms with Gasteiger partial charge in [-0.15, -0.1) is 4.76 Å². The third kappa shape index (κ3) is 11.6. The molecule has 3 N–H and O–H groups in total.